The molecule has 1 N–H and O–H groups in total. The summed E-state index contributed by atoms with van der Waals surface area (Å²) in [6, 6.07) is 15.1. The van der Waals surface area contributed by atoms with Crippen LogP contribution in [-0.4, -0.2) is 19.5 Å². The third-order valence-corrected chi connectivity index (χ3v) is 3.23. The Bertz CT molecular complexity index is 945. The van der Waals surface area contributed by atoms with E-state index in [1.165, 1.54) is 4.79 Å². The number of hydrogen-bond donors (Lipinski definition) is 1. The maximum atomic E-state index is 12.4. The lowest BCUT2D eigenvalue weighted by atomic mass is 10.3. The molecule has 0 amide bonds. The Morgan fingerprint density at radius 3 is 2.68 bits per heavy atom. The van der Waals surface area contributed by atoms with Crippen LogP contribution in [0.5, 0.6) is 0 Å². The number of benzene rings is 2. The van der Waals surface area contributed by atoms with Gasteiger partial charge in [0.05, 0.1) is 21.9 Å². The van der Waals surface area contributed by atoms with E-state index in [0.717, 1.165) is 16.6 Å². The van der Waals surface area contributed by atoms with E-state index in [-0.39, 0.29) is 5.56 Å². The number of rotatable bonds is 1. The molecule has 0 aliphatic carbocycles. The predicted octanol–water partition coefficient (Wildman–Crippen LogP) is 1.99. The molecular weight excluding hydrogens is 240 g/mol. The first kappa shape index (κ1) is 10.1. The van der Waals surface area contributed by atoms with Crippen LogP contribution in [0.3, 0.4) is 0 Å². The molecule has 19 heavy (non-hydrogen) atoms. The number of nitrogens with zero attached hydrogens (tertiary/aromatic N) is 3. The second-order valence-corrected chi connectivity index (χ2v) is 4.35. The minimum Gasteiger partial charge on any atom is -0.275 e. The van der Waals surface area contributed by atoms with E-state index in [4.69, 9.17) is 0 Å². The van der Waals surface area contributed by atoms with Crippen LogP contribution in [0, 0.1) is 0 Å². The smallest absolute Gasteiger partial charge is 0.275 e. The summed E-state index contributed by atoms with van der Waals surface area (Å²) in [7, 11) is 0. The van der Waals surface area contributed by atoms with Gasteiger partial charge in [0, 0.05) is 0 Å². The fraction of sp³-hybridized carbons (Fsp3) is 0. The summed E-state index contributed by atoms with van der Waals surface area (Å²) in [5.74, 6) is 0. The van der Waals surface area contributed by atoms with Gasteiger partial charge in [-0.2, -0.15) is 0 Å². The molecule has 2 aromatic heterocycles. The van der Waals surface area contributed by atoms with Crippen molar-refractivity contribution in [1.82, 2.24) is 19.5 Å². The van der Waals surface area contributed by atoms with E-state index in [2.05, 4.69) is 10.1 Å². The SMILES string of the molecule is O=c1c2ccccc2[nH]n1-n1cnc2ccccc21. The zero-order valence-electron chi connectivity index (χ0n) is 9.95. The topological polar surface area (TPSA) is 55.6 Å². The molecular formula is C14H10N4O. The maximum absolute atomic E-state index is 12.4. The highest BCUT2D eigenvalue weighted by atomic mass is 16.1. The van der Waals surface area contributed by atoms with Crippen LogP contribution in [0.4, 0.5) is 0 Å². The summed E-state index contributed by atoms with van der Waals surface area (Å²) in [5, 5.41) is 3.75. The van der Waals surface area contributed by atoms with E-state index >= 15 is 0 Å². The van der Waals surface area contributed by atoms with Crippen molar-refractivity contribution in [2.45, 2.75) is 0 Å². The van der Waals surface area contributed by atoms with Crippen molar-refractivity contribution < 1.29 is 0 Å². The van der Waals surface area contributed by atoms with Gasteiger partial charge in [-0.15, -0.1) is 4.79 Å². The van der Waals surface area contributed by atoms with Crippen LogP contribution in [0.25, 0.3) is 21.9 Å². The van der Waals surface area contributed by atoms with Crippen LogP contribution in [-0.2, 0) is 0 Å². The van der Waals surface area contributed by atoms with E-state index in [1.54, 1.807) is 11.0 Å². The Morgan fingerprint density at radius 2 is 1.79 bits per heavy atom. The lowest BCUT2D eigenvalue weighted by molar-refractivity contribution is 0.578. The fourth-order valence-corrected chi connectivity index (χ4v) is 2.30. The third-order valence-electron chi connectivity index (χ3n) is 3.23. The van der Waals surface area contributed by atoms with Gasteiger partial charge in [-0.3, -0.25) is 9.89 Å². The van der Waals surface area contributed by atoms with Gasteiger partial charge in [0.25, 0.3) is 5.56 Å². The van der Waals surface area contributed by atoms with E-state index in [0.29, 0.717) is 5.39 Å². The first-order valence-electron chi connectivity index (χ1n) is 5.97. The molecule has 4 rings (SSSR count). The molecule has 0 aliphatic rings. The zero-order valence-corrected chi connectivity index (χ0v) is 9.95. The maximum Gasteiger partial charge on any atom is 0.294 e. The minimum atomic E-state index is -0.0845. The van der Waals surface area contributed by atoms with Gasteiger partial charge in [0.2, 0.25) is 0 Å². The first-order valence-corrected chi connectivity index (χ1v) is 5.97. The molecule has 2 aromatic carbocycles. The molecule has 4 aromatic rings. The summed E-state index contributed by atoms with van der Waals surface area (Å²) in [6.45, 7) is 0. The predicted molar refractivity (Wildman–Crippen MR) is 73.1 cm³/mol. The van der Waals surface area contributed by atoms with Crippen LogP contribution in [0.15, 0.2) is 59.7 Å². The van der Waals surface area contributed by atoms with Crippen LogP contribution < -0.4 is 5.56 Å². The lowest BCUT2D eigenvalue weighted by Gasteiger charge is -2.02. The van der Waals surface area contributed by atoms with Gasteiger partial charge in [0.15, 0.2) is 0 Å². The second kappa shape index (κ2) is 3.58. The highest BCUT2D eigenvalue weighted by Gasteiger charge is 2.09. The number of H-pyrrole nitrogens is 1. The average molecular weight is 250 g/mol. The lowest BCUT2D eigenvalue weighted by Crippen LogP contribution is -2.22. The van der Waals surface area contributed by atoms with Crippen molar-refractivity contribution in [1.29, 1.82) is 0 Å². The van der Waals surface area contributed by atoms with Crippen LogP contribution >= 0.6 is 0 Å². The molecule has 0 unspecified atom stereocenters. The van der Waals surface area contributed by atoms with E-state index in [1.807, 2.05) is 48.5 Å². The highest BCUT2D eigenvalue weighted by Crippen LogP contribution is 2.12. The van der Waals surface area contributed by atoms with Crippen molar-refractivity contribution in [2.24, 2.45) is 0 Å². The van der Waals surface area contributed by atoms with Gasteiger partial charge in [-0.25, -0.2) is 9.66 Å². The quantitative estimate of drug-likeness (QED) is 0.561. The molecule has 92 valence electrons. The zero-order chi connectivity index (χ0) is 12.8. The van der Waals surface area contributed by atoms with Crippen molar-refractivity contribution in [2.75, 3.05) is 0 Å². The number of hydrogen-bond acceptors (Lipinski definition) is 2. The Balaban J connectivity index is 2.10. The van der Waals surface area contributed by atoms with Gasteiger partial charge in [-0.1, -0.05) is 24.3 Å². The number of imidazole rings is 1. The van der Waals surface area contributed by atoms with Crippen molar-refractivity contribution in [3.05, 3.63) is 65.2 Å². The first-order chi connectivity index (χ1) is 9.34. The normalized spacial score (nSPS) is 11.4. The number of fused-ring (bicyclic) bond motifs is 2. The Morgan fingerprint density at radius 1 is 1.00 bits per heavy atom. The highest BCUT2D eigenvalue weighted by molar-refractivity contribution is 5.78. The molecule has 0 saturated carbocycles. The molecule has 0 saturated heterocycles. The number of para-hydroxylation sites is 3. The summed E-state index contributed by atoms with van der Waals surface area (Å²) >= 11 is 0. The Hall–Kier alpha value is -2.82. The fourth-order valence-electron chi connectivity index (χ4n) is 2.30. The molecule has 0 spiro atoms. The summed E-state index contributed by atoms with van der Waals surface area (Å²) < 4.78 is 1.72. The molecule has 5 nitrogen and oxygen atoms in total. The van der Waals surface area contributed by atoms with E-state index < -0.39 is 0 Å². The van der Waals surface area contributed by atoms with Gasteiger partial charge in [0.1, 0.15) is 6.33 Å². The summed E-state index contributed by atoms with van der Waals surface area (Å²) in [5.41, 5.74) is 2.47. The van der Waals surface area contributed by atoms with Gasteiger partial charge < -0.3 is 0 Å². The monoisotopic (exact) mass is 250 g/mol. The van der Waals surface area contributed by atoms with Crippen molar-refractivity contribution >= 4 is 21.9 Å². The number of aromatic nitrogens is 4. The third kappa shape index (κ3) is 1.35. The van der Waals surface area contributed by atoms with Crippen molar-refractivity contribution in [3.63, 3.8) is 0 Å². The number of aromatic amines is 1. The Kier molecular flexibility index (Phi) is 1.91. The van der Waals surface area contributed by atoms with E-state index in [9.17, 15) is 4.79 Å². The van der Waals surface area contributed by atoms with Crippen LogP contribution in [0.2, 0.25) is 0 Å². The van der Waals surface area contributed by atoms with Crippen LogP contribution in [0.1, 0.15) is 0 Å². The molecule has 0 bridgehead atoms. The number of nitrogens with one attached hydrogen (secondary N) is 1. The standard InChI is InChI=1S/C14H10N4O/c19-14-10-5-1-2-6-11(10)16-18(14)17-9-15-12-7-3-4-8-13(12)17/h1-9,16H. The molecule has 5 heteroatoms. The van der Waals surface area contributed by atoms with Crippen molar-refractivity contribution in [3.8, 4) is 0 Å². The molecule has 0 radical (unpaired) electrons. The van der Waals surface area contributed by atoms with Gasteiger partial charge in [-0.05, 0) is 24.3 Å². The average Bonchev–Trinajstić information content (AvgIpc) is 3.01. The molecule has 0 fully saturated rings. The largest absolute Gasteiger partial charge is 0.294 e. The molecule has 0 atom stereocenters. The van der Waals surface area contributed by atoms with Gasteiger partial charge >= 0.3 is 0 Å². The Labute approximate surface area is 107 Å². The summed E-state index contributed by atoms with van der Waals surface area (Å²) in [4.78, 5) is 18.1. The molecule has 2 heterocycles. The minimum absolute atomic E-state index is 0.0845. The molecule has 0 aliphatic heterocycles. The second-order valence-electron chi connectivity index (χ2n) is 4.35. The summed E-state index contributed by atoms with van der Waals surface area (Å²) in [6.07, 6.45) is 1.64.